The highest BCUT2D eigenvalue weighted by Gasteiger charge is 2.30. The standard InChI is InChI=1S/C18H26N4O2/c1-17(2,3)20-16(23)22(18(4,5)6)12-14-19-15(21-24-14)13-10-8-7-9-11-13/h7-11H,12H2,1-6H3,(H,20,23). The predicted octanol–water partition coefficient (Wildman–Crippen LogP) is 3.85. The van der Waals surface area contributed by atoms with Crippen molar-refractivity contribution >= 4 is 6.03 Å². The molecule has 0 spiro atoms. The van der Waals surface area contributed by atoms with Crippen molar-refractivity contribution in [3.63, 3.8) is 0 Å². The Hall–Kier alpha value is -2.37. The van der Waals surface area contributed by atoms with Crippen LogP contribution in [0.4, 0.5) is 4.79 Å². The number of amides is 2. The lowest BCUT2D eigenvalue weighted by Crippen LogP contribution is -2.54. The van der Waals surface area contributed by atoms with Crippen LogP contribution in [0.25, 0.3) is 11.4 Å². The molecule has 1 aromatic heterocycles. The molecule has 1 aromatic carbocycles. The Labute approximate surface area is 143 Å². The fraction of sp³-hybridized carbons (Fsp3) is 0.500. The summed E-state index contributed by atoms with van der Waals surface area (Å²) < 4.78 is 5.34. The van der Waals surface area contributed by atoms with Crippen molar-refractivity contribution in [1.82, 2.24) is 20.4 Å². The molecule has 2 aromatic rings. The van der Waals surface area contributed by atoms with Gasteiger partial charge >= 0.3 is 6.03 Å². The Morgan fingerprint density at radius 1 is 1.12 bits per heavy atom. The van der Waals surface area contributed by atoms with Gasteiger partial charge in [0, 0.05) is 16.6 Å². The molecule has 0 bridgehead atoms. The molecule has 0 saturated carbocycles. The van der Waals surface area contributed by atoms with Crippen molar-refractivity contribution in [3.8, 4) is 11.4 Å². The quantitative estimate of drug-likeness (QED) is 0.928. The lowest BCUT2D eigenvalue weighted by atomic mass is 10.1. The Kier molecular flexibility index (Phi) is 4.96. The minimum atomic E-state index is -0.378. The summed E-state index contributed by atoms with van der Waals surface area (Å²) in [5.74, 6) is 0.934. The van der Waals surface area contributed by atoms with E-state index in [0.29, 0.717) is 11.7 Å². The van der Waals surface area contributed by atoms with E-state index in [2.05, 4.69) is 15.5 Å². The van der Waals surface area contributed by atoms with E-state index in [1.54, 1.807) is 4.90 Å². The average Bonchev–Trinajstić information content (AvgIpc) is 2.91. The molecular formula is C18H26N4O2. The van der Waals surface area contributed by atoms with Gasteiger partial charge in [-0.05, 0) is 41.5 Å². The molecule has 2 rings (SSSR count). The van der Waals surface area contributed by atoms with Gasteiger partial charge in [0.2, 0.25) is 11.7 Å². The van der Waals surface area contributed by atoms with Crippen LogP contribution in [0.15, 0.2) is 34.9 Å². The highest BCUT2D eigenvalue weighted by atomic mass is 16.5. The number of hydrogen-bond acceptors (Lipinski definition) is 4. The number of aromatic nitrogens is 2. The molecule has 2 amide bonds. The zero-order chi connectivity index (χ0) is 18.0. The zero-order valence-corrected chi connectivity index (χ0v) is 15.3. The molecule has 0 aliphatic rings. The van der Waals surface area contributed by atoms with Gasteiger partial charge in [-0.25, -0.2) is 4.79 Å². The molecule has 24 heavy (non-hydrogen) atoms. The van der Waals surface area contributed by atoms with E-state index in [1.807, 2.05) is 71.9 Å². The van der Waals surface area contributed by atoms with Crippen LogP contribution in [-0.4, -0.2) is 32.1 Å². The van der Waals surface area contributed by atoms with Gasteiger partial charge < -0.3 is 14.7 Å². The summed E-state index contributed by atoms with van der Waals surface area (Å²) in [5.41, 5.74) is 0.190. The first-order valence-electron chi connectivity index (χ1n) is 8.04. The lowest BCUT2D eigenvalue weighted by Gasteiger charge is -2.36. The van der Waals surface area contributed by atoms with Crippen LogP contribution >= 0.6 is 0 Å². The number of urea groups is 1. The van der Waals surface area contributed by atoms with E-state index in [0.717, 1.165) is 5.56 Å². The second-order valence-corrected chi connectivity index (χ2v) is 7.81. The lowest BCUT2D eigenvalue weighted by molar-refractivity contribution is 0.123. The van der Waals surface area contributed by atoms with Crippen LogP contribution in [0.1, 0.15) is 47.4 Å². The van der Waals surface area contributed by atoms with E-state index in [9.17, 15) is 4.79 Å². The highest BCUT2D eigenvalue weighted by Crippen LogP contribution is 2.20. The maximum absolute atomic E-state index is 12.6. The van der Waals surface area contributed by atoms with Crippen molar-refractivity contribution in [2.24, 2.45) is 0 Å². The number of benzene rings is 1. The van der Waals surface area contributed by atoms with Gasteiger partial charge in [-0.15, -0.1) is 0 Å². The van der Waals surface area contributed by atoms with Crippen LogP contribution < -0.4 is 5.32 Å². The van der Waals surface area contributed by atoms with Gasteiger partial charge in [0.15, 0.2) is 0 Å². The van der Waals surface area contributed by atoms with Crippen LogP contribution in [0, 0.1) is 0 Å². The van der Waals surface area contributed by atoms with Crippen molar-refractivity contribution in [3.05, 3.63) is 36.2 Å². The van der Waals surface area contributed by atoms with Crippen molar-refractivity contribution < 1.29 is 9.32 Å². The average molecular weight is 330 g/mol. The second-order valence-electron chi connectivity index (χ2n) is 7.81. The van der Waals surface area contributed by atoms with Crippen molar-refractivity contribution in [1.29, 1.82) is 0 Å². The Balaban J connectivity index is 2.19. The summed E-state index contributed by atoms with van der Waals surface area (Å²) in [4.78, 5) is 18.7. The van der Waals surface area contributed by atoms with E-state index < -0.39 is 0 Å². The maximum Gasteiger partial charge on any atom is 0.318 e. The largest absolute Gasteiger partial charge is 0.337 e. The van der Waals surface area contributed by atoms with Gasteiger partial charge in [-0.3, -0.25) is 0 Å². The minimum Gasteiger partial charge on any atom is -0.337 e. The van der Waals surface area contributed by atoms with Gasteiger partial charge in [-0.2, -0.15) is 4.98 Å². The minimum absolute atomic E-state index is 0.158. The van der Waals surface area contributed by atoms with Crippen molar-refractivity contribution in [2.45, 2.75) is 59.2 Å². The third-order valence-electron chi connectivity index (χ3n) is 3.33. The molecule has 130 valence electrons. The van der Waals surface area contributed by atoms with E-state index >= 15 is 0 Å². The Morgan fingerprint density at radius 3 is 2.29 bits per heavy atom. The second kappa shape index (κ2) is 6.63. The summed E-state index contributed by atoms with van der Waals surface area (Å²) in [5, 5.41) is 6.99. The normalized spacial score (nSPS) is 12.1. The highest BCUT2D eigenvalue weighted by molar-refractivity contribution is 5.75. The fourth-order valence-corrected chi connectivity index (χ4v) is 2.16. The molecule has 6 nitrogen and oxygen atoms in total. The smallest absolute Gasteiger partial charge is 0.318 e. The number of rotatable bonds is 3. The van der Waals surface area contributed by atoms with Gasteiger partial charge in [0.05, 0.1) is 0 Å². The molecule has 0 aliphatic carbocycles. The number of carbonyl (C=O) groups excluding carboxylic acids is 1. The monoisotopic (exact) mass is 330 g/mol. The van der Waals surface area contributed by atoms with Gasteiger partial charge in [-0.1, -0.05) is 35.5 Å². The Bertz CT molecular complexity index is 681. The first-order valence-corrected chi connectivity index (χ1v) is 8.04. The number of nitrogens with zero attached hydrogens (tertiary/aromatic N) is 3. The van der Waals surface area contributed by atoms with Gasteiger partial charge in [0.25, 0.3) is 0 Å². The molecule has 0 radical (unpaired) electrons. The predicted molar refractivity (Wildman–Crippen MR) is 93.3 cm³/mol. The number of nitrogens with one attached hydrogen (secondary N) is 1. The van der Waals surface area contributed by atoms with Crippen molar-refractivity contribution in [2.75, 3.05) is 0 Å². The van der Waals surface area contributed by atoms with Crippen LogP contribution in [0.3, 0.4) is 0 Å². The fourth-order valence-electron chi connectivity index (χ4n) is 2.16. The molecule has 0 unspecified atom stereocenters. The molecular weight excluding hydrogens is 304 g/mol. The molecule has 1 N–H and O–H groups in total. The number of carbonyl (C=O) groups is 1. The zero-order valence-electron chi connectivity index (χ0n) is 15.3. The third-order valence-corrected chi connectivity index (χ3v) is 3.33. The van der Waals surface area contributed by atoms with Crippen LogP contribution in [0.2, 0.25) is 0 Å². The summed E-state index contributed by atoms with van der Waals surface area (Å²) in [7, 11) is 0. The molecule has 0 fully saturated rings. The summed E-state index contributed by atoms with van der Waals surface area (Å²) >= 11 is 0. The molecule has 0 aliphatic heterocycles. The van der Waals surface area contributed by atoms with Crippen LogP contribution in [-0.2, 0) is 6.54 Å². The van der Waals surface area contributed by atoms with E-state index in [4.69, 9.17) is 4.52 Å². The van der Waals surface area contributed by atoms with E-state index in [-0.39, 0.29) is 23.7 Å². The molecule has 0 saturated heterocycles. The molecule has 6 heteroatoms. The molecule has 0 atom stereocenters. The summed E-state index contributed by atoms with van der Waals surface area (Å²) in [6.45, 7) is 12.0. The Morgan fingerprint density at radius 2 is 1.75 bits per heavy atom. The number of hydrogen-bond donors (Lipinski definition) is 1. The SMILES string of the molecule is CC(C)(C)NC(=O)N(Cc1nc(-c2ccccc2)no1)C(C)(C)C. The van der Waals surface area contributed by atoms with Crippen LogP contribution in [0.5, 0.6) is 0 Å². The first-order chi connectivity index (χ1) is 11.1. The third kappa shape index (κ3) is 4.81. The first kappa shape index (κ1) is 18.0. The summed E-state index contributed by atoms with van der Waals surface area (Å²) in [6, 6.07) is 9.45. The summed E-state index contributed by atoms with van der Waals surface area (Å²) in [6.07, 6.45) is 0. The van der Waals surface area contributed by atoms with E-state index in [1.165, 1.54) is 0 Å². The maximum atomic E-state index is 12.6. The topological polar surface area (TPSA) is 71.3 Å². The van der Waals surface area contributed by atoms with Gasteiger partial charge in [0.1, 0.15) is 6.54 Å². The molecule has 1 heterocycles.